The summed E-state index contributed by atoms with van der Waals surface area (Å²) < 4.78 is 15.3. The first kappa shape index (κ1) is 15.7. The van der Waals surface area contributed by atoms with Gasteiger partial charge in [-0.2, -0.15) is 0 Å². The van der Waals surface area contributed by atoms with Crippen molar-refractivity contribution in [2.24, 2.45) is 0 Å². The van der Waals surface area contributed by atoms with Crippen LogP contribution in [0.2, 0.25) is 0 Å². The van der Waals surface area contributed by atoms with E-state index in [1.54, 1.807) is 6.08 Å². The van der Waals surface area contributed by atoms with Gasteiger partial charge in [0.15, 0.2) is 0 Å². The van der Waals surface area contributed by atoms with Crippen molar-refractivity contribution >= 4 is 5.97 Å². The van der Waals surface area contributed by atoms with E-state index in [0.717, 1.165) is 5.57 Å². The molecule has 96 valence electrons. The third-order valence-electron chi connectivity index (χ3n) is 1.70. The third kappa shape index (κ3) is 9.61. The van der Waals surface area contributed by atoms with Gasteiger partial charge in [-0.15, -0.1) is 0 Å². The van der Waals surface area contributed by atoms with Gasteiger partial charge in [-0.25, -0.2) is 0 Å². The van der Waals surface area contributed by atoms with Gasteiger partial charge in [-0.3, -0.25) is 4.79 Å². The normalized spacial score (nSPS) is 11.0. The SMILES string of the molecule is CCOC(C#C/C(C)=C/COC(C)=O)OCC. The molecular weight excluding hydrogens is 220 g/mol. The Kier molecular flexibility index (Phi) is 9.12. The summed E-state index contributed by atoms with van der Waals surface area (Å²) in [5.41, 5.74) is 0.815. The summed E-state index contributed by atoms with van der Waals surface area (Å²) in [6.07, 6.45) is 1.24. The van der Waals surface area contributed by atoms with Crippen LogP contribution in [0.4, 0.5) is 0 Å². The monoisotopic (exact) mass is 240 g/mol. The predicted molar refractivity (Wildman–Crippen MR) is 65.2 cm³/mol. The average Bonchev–Trinajstić information content (AvgIpc) is 2.26. The largest absolute Gasteiger partial charge is 0.462 e. The molecule has 0 aromatic carbocycles. The minimum atomic E-state index is -0.498. The second-order valence-corrected chi connectivity index (χ2v) is 3.20. The molecule has 0 bridgehead atoms. The molecule has 0 unspecified atom stereocenters. The van der Waals surface area contributed by atoms with Crippen LogP contribution < -0.4 is 0 Å². The molecule has 0 N–H and O–H groups in total. The lowest BCUT2D eigenvalue weighted by molar-refractivity contribution is -0.139. The molecule has 0 radical (unpaired) electrons. The molecule has 0 amide bonds. The van der Waals surface area contributed by atoms with Crippen LogP contribution in [-0.2, 0) is 19.0 Å². The highest BCUT2D eigenvalue weighted by molar-refractivity contribution is 5.66. The number of carbonyl (C=O) groups is 1. The molecule has 0 aromatic heterocycles. The molecule has 0 aliphatic heterocycles. The summed E-state index contributed by atoms with van der Waals surface area (Å²) in [6.45, 7) is 8.32. The van der Waals surface area contributed by atoms with Gasteiger partial charge in [0, 0.05) is 20.1 Å². The Hall–Kier alpha value is -1.31. The first-order valence-electron chi connectivity index (χ1n) is 5.65. The number of hydrogen-bond acceptors (Lipinski definition) is 4. The van der Waals surface area contributed by atoms with Crippen LogP contribution >= 0.6 is 0 Å². The summed E-state index contributed by atoms with van der Waals surface area (Å²) in [5.74, 6) is 5.45. The van der Waals surface area contributed by atoms with Crippen molar-refractivity contribution in [2.45, 2.75) is 34.0 Å². The highest BCUT2D eigenvalue weighted by Crippen LogP contribution is 1.95. The number of allylic oxidation sites excluding steroid dienone is 1. The van der Waals surface area contributed by atoms with E-state index in [-0.39, 0.29) is 12.6 Å². The Morgan fingerprint density at radius 3 is 2.29 bits per heavy atom. The molecule has 0 aliphatic carbocycles. The van der Waals surface area contributed by atoms with E-state index in [0.29, 0.717) is 13.2 Å². The maximum absolute atomic E-state index is 10.5. The minimum Gasteiger partial charge on any atom is -0.462 e. The zero-order valence-electron chi connectivity index (χ0n) is 10.9. The maximum Gasteiger partial charge on any atom is 0.302 e. The summed E-state index contributed by atoms with van der Waals surface area (Å²) in [5, 5.41) is 0. The van der Waals surface area contributed by atoms with Crippen molar-refractivity contribution in [1.82, 2.24) is 0 Å². The lowest BCUT2D eigenvalue weighted by Gasteiger charge is -2.09. The fraction of sp³-hybridized carbons (Fsp3) is 0.615. The second-order valence-electron chi connectivity index (χ2n) is 3.20. The minimum absolute atomic E-state index is 0.240. The molecule has 0 spiro atoms. The Balaban J connectivity index is 4.21. The Morgan fingerprint density at radius 1 is 1.24 bits per heavy atom. The fourth-order valence-electron chi connectivity index (χ4n) is 0.942. The number of carbonyl (C=O) groups excluding carboxylic acids is 1. The summed E-state index contributed by atoms with van der Waals surface area (Å²) in [7, 11) is 0. The van der Waals surface area contributed by atoms with Crippen molar-refractivity contribution in [3.8, 4) is 11.8 Å². The highest BCUT2D eigenvalue weighted by atomic mass is 16.7. The maximum atomic E-state index is 10.5. The average molecular weight is 240 g/mol. The van der Waals surface area contributed by atoms with Gasteiger partial charge in [0.2, 0.25) is 6.29 Å². The quantitative estimate of drug-likeness (QED) is 0.404. The van der Waals surface area contributed by atoms with Crippen molar-refractivity contribution in [2.75, 3.05) is 19.8 Å². The molecule has 0 aliphatic rings. The van der Waals surface area contributed by atoms with Crippen LogP contribution in [0, 0.1) is 11.8 Å². The van der Waals surface area contributed by atoms with Gasteiger partial charge in [0.25, 0.3) is 0 Å². The van der Waals surface area contributed by atoms with Crippen LogP contribution in [0.3, 0.4) is 0 Å². The molecule has 0 fully saturated rings. The van der Waals surface area contributed by atoms with E-state index in [1.807, 2.05) is 20.8 Å². The molecule has 0 saturated carbocycles. The zero-order valence-corrected chi connectivity index (χ0v) is 10.9. The van der Waals surface area contributed by atoms with Gasteiger partial charge < -0.3 is 14.2 Å². The lowest BCUT2D eigenvalue weighted by Crippen LogP contribution is -2.14. The molecule has 0 rings (SSSR count). The van der Waals surface area contributed by atoms with Crippen molar-refractivity contribution < 1.29 is 19.0 Å². The molecule has 0 saturated heterocycles. The topological polar surface area (TPSA) is 44.8 Å². The van der Waals surface area contributed by atoms with Crippen LogP contribution in [0.5, 0.6) is 0 Å². The Bertz CT molecular complexity index is 303. The Labute approximate surface area is 103 Å². The van der Waals surface area contributed by atoms with Gasteiger partial charge in [0.1, 0.15) is 6.61 Å². The number of ether oxygens (including phenoxy) is 3. The van der Waals surface area contributed by atoms with Gasteiger partial charge >= 0.3 is 5.97 Å². The van der Waals surface area contributed by atoms with E-state index in [2.05, 4.69) is 11.8 Å². The number of hydrogen-bond donors (Lipinski definition) is 0. The summed E-state index contributed by atoms with van der Waals surface area (Å²) in [6, 6.07) is 0. The molecule has 0 atom stereocenters. The smallest absolute Gasteiger partial charge is 0.302 e. The van der Waals surface area contributed by atoms with Crippen molar-refractivity contribution in [3.63, 3.8) is 0 Å². The second kappa shape index (κ2) is 9.88. The predicted octanol–water partition coefficient (Wildman–Crippen LogP) is 1.90. The molecular formula is C13H20O4. The molecule has 17 heavy (non-hydrogen) atoms. The van der Waals surface area contributed by atoms with Crippen LogP contribution in [0.25, 0.3) is 0 Å². The first-order chi connectivity index (χ1) is 8.10. The fourth-order valence-corrected chi connectivity index (χ4v) is 0.942. The van der Waals surface area contributed by atoms with E-state index >= 15 is 0 Å². The summed E-state index contributed by atoms with van der Waals surface area (Å²) in [4.78, 5) is 10.5. The number of rotatable bonds is 6. The van der Waals surface area contributed by atoms with Crippen LogP contribution in [-0.4, -0.2) is 32.1 Å². The number of esters is 1. The van der Waals surface area contributed by atoms with E-state index < -0.39 is 6.29 Å². The molecule has 4 heteroatoms. The Morgan fingerprint density at radius 2 is 1.82 bits per heavy atom. The molecule has 4 nitrogen and oxygen atoms in total. The van der Waals surface area contributed by atoms with E-state index in [1.165, 1.54) is 6.92 Å². The van der Waals surface area contributed by atoms with Crippen LogP contribution in [0.1, 0.15) is 27.7 Å². The third-order valence-corrected chi connectivity index (χ3v) is 1.70. The molecule has 0 heterocycles. The van der Waals surface area contributed by atoms with Gasteiger partial charge in [0.05, 0.1) is 0 Å². The van der Waals surface area contributed by atoms with E-state index in [9.17, 15) is 4.79 Å². The molecule has 0 aromatic rings. The first-order valence-corrected chi connectivity index (χ1v) is 5.65. The van der Waals surface area contributed by atoms with Crippen molar-refractivity contribution in [1.29, 1.82) is 0 Å². The highest BCUT2D eigenvalue weighted by Gasteiger charge is 2.01. The zero-order chi connectivity index (χ0) is 13.1. The van der Waals surface area contributed by atoms with Crippen LogP contribution in [0.15, 0.2) is 11.6 Å². The van der Waals surface area contributed by atoms with Crippen molar-refractivity contribution in [3.05, 3.63) is 11.6 Å². The van der Waals surface area contributed by atoms with Gasteiger partial charge in [-0.1, -0.05) is 5.92 Å². The van der Waals surface area contributed by atoms with Gasteiger partial charge in [-0.05, 0) is 38.3 Å². The van der Waals surface area contributed by atoms with E-state index in [4.69, 9.17) is 14.2 Å². The summed E-state index contributed by atoms with van der Waals surface area (Å²) >= 11 is 0. The standard InChI is InChI=1S/C13H20O4/c1-5-15-13(16-6-2)8-7-11(3)9-10-17-12(4)14/h9,13H,5-6,10H2,1-4H3/b11-9+. The lowest BCUT2D eigenvalue weighted by atomic mass is 10.3.